The molecule has 2 fully saturated rings. The predicted molar refractivity (Wildman–Crippen MR) is 100 cm³/mol. The Bertz CT molecular complexity index is 827. The molecule has 7 nitrogen and oxygen atoms in total. The first kappa shape index (κ1) is 17.1. The van der Waals surface area contributed by atoms with E-state index >= 15 is 0 Å². The number of hydrogen-bond donors (Lipinski definition) is 1. The van der Waals surface area contributed by atoms with Gasteiger partial charge >= 0.3 is 6.09 Å². The highest BCUT2D eigenvalue weighted by molar-refractivity contribution is 5.87. The minimum atomic E-state index is -0.477. The SMILES string of the molecule is CC1CN(C(=O)OC(C)(C)C)C12CCCN(c1ncnc3[nH]ccc13)C2. The van der Waals surface area contributed by atoms with Gasteiger partial charge < -0.3 is 19.5 Å². The van der Waals surface area contributed by atoms with Crippen molar-refractivity contribution in [3.8, 4) is 0 Å². The minimum absolute atomic E-state index is 0.172. The van der Waals surface area contributed by atoms with Crippen LogP contribution in [0.4, 0.5) is 10.6 Å². The van der Waals surface area contributed by atoms with Crippen LogP contribution < -0.4 is 4.90 Å². The van der Waals surface area contributed by atoms with Crippen molar-refractivity contribution in [2.24, 2.45) is 5.92 Å². The molecule has 4 heterocycles. The third kappa shape index (κ3) is 2.70. The maximum atomic E-state index is 12.7. The third-order valence-electron chi connectivity index (χ3n) is 5.66. The van der Waals surface area contributed by atoms with Gasteiger partial charge in [-0.2, -0.15) is 0 Å². The number of ether oxygens (including phenoxy) is 1. The van der Waals surface area contributed by atoms with Crippen LogP contribution in [0.25, 0.3) is 11.0 Å². The summed E-state index contributed by atoms with van der Waals surface area (Å²) in [6.07, 6.45) is 5.32. The molecule has 2 atom stereocenters. The van der Waals surface area contributed by atoms with Gasteiger partial charge in [-0.15, -0.1) is 0 Å². The van der Waals surface area contributed by atoms with Crippen molar-refractivity contribution in [3.63, 3.8) is 0 Å². The van der Waals surface area contributed by atoms with Crippen molar-refractivity contribution in [3.05, 3.63) is 18.6 Å². The summed E-state index contributed by atoms with van der Waals surface area (Å²) in [4.78, 5) is 28.9. The van der Waals surface area contributed by atoms with Crippen LogP contribution in [0.5, 0.6) is 0 Å². The Balaban J connectivity index is 1.61. The van der Waals surface area contributed by atoms with Gasteiger partial charge in [-0.1, -0.05) is 6.92 Å². The second kappa shape index (κ2) is 5.86. The van der Waals surface area contributed by atoms with Crippen molar-refractivity contribution in [1.29, 1.82) is 0 Å². The van der Waals surface area contributed by atoms with Gasteiger partial charge in [0.05, 0.1) is 10.9 Å². The van der Waals surface area contributed by atoms with Gasteiger partial charge in [0.2, 0.25) is 0 Å². The molecule has 2 saturated heterocycles. The number of hydrogen-bond acceptors (Lipinski definition) is 5. The molecule has 0 aliphatic carbocycles. The first-order valence-corrected chi connectivity index (χ1v) is 9.34. The third-order valence-corrected chi connectivity index (χ3v) is 5.66. The molecule has 1 amide bonds. The number of nitrogens with one attached hydrogen (secondary N) is 1. The number of carbonyl (C=O) groups excluding carboxylic acids is 1. The maximum Gasteiger partial charge on any atom is 0.410 e. The van der Waals surface area contributed by atoms with E-state index < -0.39 is 5.60 Å². The lowest BCUT2D eigenvalue weighted by molar-refractivity contribution is -0.0857. The Hall–Kier alpha value is -2.31. The lowest BCUT2D eigenvalue weighted by atomic mass is 9.70. The second-order valence-electron chi connectivity index (χ2n) is 8.56. The van der Waals surface area contributed by atoms with Crippen LogP contribution in [0.1, 0.15) is 40.5 Å². The highest BCUT2D eigenvalue weighted by Crippen LogP contribution is 2.45. The second-order valence-corrected chi connectivity index (χ2v) is 8.56. The summed E-state index contributed by atoms with van der Waals surface area (Å²) in [7, 11) is 0. The smallest absolute Gasteiger partial charge is 0.410 e. The summed E-state index contributed by atoms with van der Waals surface area (Å²) < 4.78 is 5.65. The molecule has 26 heavy (non-hydrogen) atoms. The predicted octanol–water partition coefficient (Wildman–Crippen LogP) is 3.18. The molecule has 140 valence electrons. The standard InChI is InChI=1S/C19H27N5O2/c1-13-10-24(17(25)26-18(2,3)4)19(13)7-5-9-23(11-19)16-14-6-8-20-15(14)21-12-22-16/h6,8,12-13H,5,7,9-11H2,1-4H3,(H,20,21,22). The minimum Gasteiger partial charge on any atom is -0.444 e. The molecule has 1 spiro atoms. The van der Waals surface area contributed by atoms with E-state index in [-0.39, 0.29) is 11.6 Å². The maximum absolute atomic E-state index is 12.7. The quantitative estimate of drug-likeness (QED) is 0.848. The fraction of sp³-hybridized carbons (Fsp3) is 0.632. The molecule has 0 aromatic carbocycles. The molecule has 1 N–H and O–H groups in total. The fourth-order valence-corrected chi connectivity index (χ4v) is 4.33. The molecule has 2 aliphatic rings. The van der Waals surface area contributed by atoms with Crippen molar-refractivity contribution in [2.75, 3.05) is 24.5 Å². The molecular formula is C19H27N5O2. The number of amides is 1. The summed E-state index contributed by atoms with van der Waals surface area (Å²) in [5.41, 5.74) is 0.198. The van der Waals surface area contributed by atoms with Crippen LogP contribution in [0.3, 0.4) is 0 Å². The molecule has 2 unspecified atom stereocenters. The molecule has 4 rings (SSSR count). The first-order chi connectivity index (χ1) is 12.3. The molecule has 0 radical (unpaired) electrons. The number of nitrogens with zero attached hydrogens (tertiary/aromatic N) is 4. The van der Waals surface area contributed by atoms with Gasteiger partial charge in [0.1, 0.15) is 23.4 Å². The number of rotatable bonds is 1. The molecule has 2 aromatic heterocycles. The topological polar surface area (TPSA) is 74.3 Å². The van der Waals surface area contributed by atoms with Crippen LogP contribution in [0.2, 0.25) is 0 Å². The van der Waals surface area contributed by atoms with E-state index in [2.05, 4.69) is 26.8 Å². The number of H-pyrrole nitrogens is 1. The number of piperidine rings is 1. The number of aromatic amines is 1. The van der Waals surface area contributed by atoms with Crippen molar-refractivity contribution >= 4 is 22.9 Å². The summed E-state index contributed by atoms with van der Waals surface area (Å²) in [6, 6.07) is 2.02. The van der Waals surface area contributed by atoms with Crippen LogP contribution in [0.15, 0.2) is 18.6 Å². The van der Waals surface area contributed by atoms with Gasteiger partial charge in [0.15, 0.2) is 0 Å². The van der Waals surface area contributed by atoms with Crippen LogP contribution in [-0.4, -0.2) is 56.7 Å². The van der Waals surface area contributed by atoms with E-state index in [0.717, 1.165) is 49.3 Å². The van der Waals surface area contributed by atoms with Crippen LogP contribution in [0, 0.1) is 5.92 Å². The van der Waals surface area contributed by atoms with Gasteiger partial charge in [-0.05, 0) is 45.6 Å². The zero-order valence-electron chi connectivity index (χ0n) is 16.0. The highest BCUT2D eigenvalue weighted by atomic mass is 16.6. The van der Waals surface area contributed by atoms with E-state index in [1.807, 2.05) is 37.9 Å². The number of aromatic nitrogens is 3. The Morgan fingerprint density at radius 1 is 1.38 bits per heavy atom. The number of fused-ring (bicyclic) bond motifs is 1. The van der Waals surface area contributed by atoms with Gasteiger partial charge in [0, 0.05) is 25.8 Å². The Morgan fingerprint density at radius 3 is 2.92 bits per heavy atom. The Morgan fingerprint density at radius 2 is 2.19 bits per heavy atom. The lowest BCUT2D eigenvalue weighted by Gasteiger charge is -2.60. The molecule has 0 saturated carbocycles. The zero-order chi connectivity index (χ0) is 18.5. The first-order valence-electron chi connectivity index (χ1n) is 9.34. The van der Waals surface area contributed by atoms with Crippen LogP contribution in [-0.2, 0) is 4.74 Å². The molecule has 7 heteroatoms. The lowest BCUT2D eigenvalue weighted by Crippen LogP contribution is -2.74. The molecular weight excluding hydrogens is 330 g/mol. The van der Waals surface area contributed by atoms with Gasteiger partial charge in [-0.25, -0.2) is 14.8 Å². The molecule has 2 aromatic rings. The Labute approximate surface area is 153 Å². The fourth-order valence-electron chi connectivity index (χ4n) is 4.33. The summed E-state index contributed by atoms with van der Waals surface area (Å²) in [5, 5.41) is 1.03. The van der Waals surface area contributed by atoms with E-state index in [1.54, 1.807) is 6.33 Å². The van der Waals surface area contributed by atoms with Crippen molar-refractivity contribution < 1.29 is 9.53 Å². The van der Waals surface area contributed by atoms with Gasteiger partial charge in [0.25, 0.3) is 0 Å². The summed E-state index contributed by atoms with van der Waals surface area (Å²) >= 11 is 0. The zero-order valence-corrected chi connectivity index (χ0v) is 16.0. The number of anilines is 1. The summed E-state index contributed by atoms with van der Waals surface area (Å²) in [5.74, 6) is 1.39. The van der Waals surface area contributed by atoms with Crippen molar-refractivity contribution in [2.45, 2.75) is 51.7 Å². The molecule has 2 aliphatic heterocycles. The van der Waals surface area contributed by atoms with Crippen molar-refractivity contribution in [1.82, 2.24) is 19.9 Å². The van der Waals surface area contributed by atoms with E-state index in [9.17, 15) is 4.79 Å². The average Bonchev–Trinajstić information content (AvgIpc) is 3.06. The normalized spacial score (nSPS) is 26.2. The largest absolute Gasteiger partial charge is 0.444 e. The van der Waals surface area contributed by atoms with Gasteiger partial charge in [-0.3, -0.25) is 0 Å². The van der Waals surface area contributed by atoms with E-state index in [1.165, 1.54) is 0 Å². The Kier molecular flexibility index (Phi) is 3.86. The van der Waals surface area contributed by atoms with E-state index in [0.29, 0.717) is 5.92 Å². The number of likely N-dealkylation sites (tertiary alicyclic amines) is 1. The molecule has 0 bridgehead atoms. The van der Waals surface area contributed by atoms with E-state index in [4.69, 9.17) is 4.74 Å². The average molecular weight is 357 g/mol. The monoisotopic (exact) mass is 357 g/mol. The highest BCUT2D eigenvalue weighted by Gasteiger charge is 2.56. The summed E-state index contributed by atoms with van der Waals surface area (Å²) in [6.45, 7) is 10.5. The van der Waals surface area contributed by atoms with Crippen LogP contribution >= 0.6 is 0 Å². The number of carbonyl (C=O) groups is 1.